The Morgan fingerprint density at radius 3 is 0.739 bits per heavy atom. The number of ether oxygens (including phenoxy) is 9. The molecule has 0 bridgehead atoms. The lowest BCUT2D eigenvalue weighted by atomic mass is 9.88. The van der Waals surface area contributed by atoms with E-state index in [0.29, 0.717) is 19.3 Å². The molecule has 0 aromatic carbocycles. The van der Waals surface area contributed by atoms with Crippen LogP contribution in [0.3, 0.4) is 0 Å². The van der Waals surface area contributed by atoms with E-state index < -0.39 is 41.2 Å². The molecule has 21 heteroatoms. The molecule has 0 saturated carbocycles. The number of carbonyl (C=O) groups is 9. The molecule has 0 heterocycles. The summed E-state index contributed by atoms with van der Waals surface area (Å²) < 4.78 is 47.2. The van der Waals surface area contributed by atoms with Crippen LogP contribution >= 0.6 is 35.3 Å². The molecule has 0 aromatic heterocycles. The molecule has 69 heavy (non-hydrogen) atoms. The highest BCUT2D eigenvalue weighted by Gasteiger charge is 2.34. The molecule has 398 valence electrons. The fourth-order valence-corrected chi connectivity index (χ4v) is 7.10. The fourth-order valence-electron chi connectivity index (χ4n) is 4.99. The molecule has 0 aliphatic carbocycles. The van der Waals surface area contributed by atoms with Crippen molar-refractivity contribution in [1.82, 2.24) is 0 Å². The first-order valence-corrected chi connectivity index (χ1v) is 26.8. The second-order valence-corrected chi connectivity index (χ2v) is 23.1. The zero-order valence-electron chi connectivity index (χ0n) is 42.8. The van der Waals surface area contributed by atoms with Gasteiger partial charge in [0.15, 0.2) is 0 Å². The predicted octanol–water partition coefficient (Wildman–Crippen LogP) is 7.12. The minimum atomic E-state index is -1.12. The zero-order chi connectivity index (χ0) is 52.4. The fraction of sp³-hybridized carbons (Fsp3) is 0.812. The number of esters is 9. The van der Waals surface area contributed by atoms with Crippen molar-refractivity contribution in [2.45, 2.75) is 133 Å². The summed E-state index contributed by atoms with van der Waals surface area (Å²) >= 11 is 3.42. The van der Waals surface area contributed by atoms with Crippen molar-refractivity contribution in [3.63, 3.8) is 0 Å². The summed E-state index contributed by atoms with van der Waals surface area (Å²) in [5.74, 6) is -4.08. The summed E-state index contributed by atoms with van der Waals surface area (Å²) in [4.78, 5) is 110. The summed E-state index contributed by atoms with van der Waals surface area (Å²) in [6.45, 7) is 18.7. The topological polar surface area (TPSA) is 237 Å². The SMILES string of the molecule is CCC(COC(=O)CSCCC(=O)OCCOC(=O)CCC(C)(C)C)(COC(=O)CSCCC(=O)OCCOC(=O)CCC(C)(C)C)COC(=O)CSCCC(=O)OCCOC(=O)CCC(C)(C)C. The molecule has 0 spiro atoms. The van der Waals surface area contributed by atoms with Crippen LogP contribution in [0.2, 0.25) is 0 Å². The number of rotatable bonds is 37. The summed E-state index contributed by atoms with van der Waals surface area (Å²) in [6, 6.07) is 0. The van der Waals surface area contributed by atoms with Gasteiger partial charge in [-0.25, -0.2) is 0 Å². The van der Waals surface area contributed by atoms with E-state index in [1.807, 2.05) is 62.3 Å². The lowest BCUT2D eigenvalue weighted by molar-refractivity contribution is -0.159. The van der Waals surface area contributed by atoms with Crippen LogP contribution in [-0.4, -0.2) is 148 Å². The van der Waals surface area contributed by atoms with E-state index in [-0.39, 0.29) is 173 Å². The Morgan fingerprint density at radius 1 is 0.319 bits per heavy atom. The average molecular weight is 1040 g/mol. The van der Waals surface area contributed by atoms with E-state index in [9.17, 15) is 43.2 Å². The standard InChI is InChI=1S/C48H80O18S3/c1-11-48(33-64-42(55)30-67-27-15-39(52)61-24-21-58-36(49)12-18-45(2,3)4,34-65-43(56)31-68-28-16-40(53)62-25-22-59-37(50)13-19-46(5,6)7)35-66-44(57)32-69-29-17-41(54)63-26-23-60-38(51)14-20-47(8,9)10/h11-35H2,1-10H3. The number of thioether (sulfide) groups is 3. The molecular formula is C48H80O18S3. The van der Waals surface area contributed by atoms with Crippen molar-refractivity contribution >= 4 is 89.0 Å². The van der Waals surface area contributed by atoms with E-state index in [4.69, 9.17) is 42.6 Å². The van der Waals surface area contributed by atoms with Gasteiger partial charge >= 0.3 is 53.7 Å². The molecule has 0 aliphatic rings. The van der Waals surface area contributed by atoms with E-state index in [1.165, 1.54) is 0 Å². The number of hydrogen-bond acceptors (Lipinski definition) is 21. The minimum Gasteiger partial charge on any atom is -0.464 e. The molecule has 18 nitrogen and oxygen atoms in total. The highest BCUT2D eigenvalue weighted by Crippen LogP contribution is 2.26. The lowest BCUT2D eigenvalue weighted by Gasteiger charge is -2.31. The maximum absolute atomic E-state index is 12.8. The minimum absolute atomic E-state index is 0.00337. The molecule has 0 saturated heterocycles. The maximum Gasteiger partial charge on any atom is 0.315 e. The van der Waals surface area contributed by atoms with E-state index in [0.717, 1.165) is 35.3 Å². The zero-order valence-corrected chi connectivity index (χ0v) is 45.2. The van der Waals surface area contributed by atoms with Crippen molar-refractivity contribution in [3.8, 4) is 0 Å². The van der Waals surface area contributed by atoms with Crippen LogP contribution in [0, 0.1) is 21.7 Å². The Bertz CT molecular complexity index is 1400. The molecule has 0 aromatic rings. The molecule has 0 rings (SSSR count). The number of hydrogen-bond donors (Lipinski definition) is 0. The molecule has 0 atom stereocenters. The Morgan fingerprint density at radius 2 is 0.536 bits per heavy atom. The highest BCUT2D eigenvalue weighted by molar-refractivity contribution is 8.00. The van der Waals surface area contributed by atoms with Gasteiger partial charge in [-0.3, -0.25) is 43.2 Å². The van der Waals surface area contributed by atoms with Gasteiger partial charge in [0.25, 0.3) is 0 Å². The van der Waals surface area contributed by atoms with Crippen LogP contribution in [0.4, 0.5) is 0 Å². The normalized spacial score (nSPS) is 11.7. The van der Waals surface area contributed by atoms with Gasteiger partial charge in [0, 0.05) is 36.5 Å². The molecular weight excluding hydrogens is 961 g/mol. The molecule has 0 N–H and O–H groups in total. The van der Waals surface area contributed by atoms with E-state index >= 15 is 0 Å². The van der Waals surface area contributed by atoms with E-state index in [2.05, 4.69) is 0 Å². The van der Waals surface area contributed by atoms with Gasteiger partial charge in [0.2, 0.25) is 0 Å². The molecule has 0 amide bonds. The van der Waals surface area contributed by atoms with Gasteiger partial charge in [-0.15, -0.1) is 35.3 Å². The first-order chi connectivity index (χ1) is 32.2. The second-order valence-electron chi connectivity index (χ2n) is 19.7. The smallest absolute Gasteiger partial charge is 0.315 e. The Balaban J connectivity index is 4.98. The van der Waals surface area contributed by atoms with Crippen molar-refractivity contribution in [1.29, 1.82) is 0 Å². The van der Waals surface area contributed by atoms with Gasteiger partial charge in [0.1, 0.15) is 59.5 Å². The molecule has 0 aliphatic heterocycles. The molecule has 0 fully saturated rings. The first kappa shape index (κ1) is 65.3. The predicted molar refractivity (Wildman–Crippen MR) is 263 cm³/mol. The quantitative estimate of drug-likeness (QED) is 0.0342. The summed E-state index contributed by atoms with van der Waals surface area (Å²) in [5.41, 5.74) is -1.15. The summed E-state index contributed by atoms with van der Waals surface area (Å²) in [6.07, 6.45) is 3.09. The van der Waals surface area contributed by atoms with Crippen LogP contribution in [0.1, 0.15) is 133 Å². The average Bonchev–Trinajstić information content (AvgIpc) is 3.26. The Hall–Kier alpha value is -3.72. The van der Waals surface area contributed by atoms with Gasteiger partial charge in [-0.1, -0.05) is 69.2 Å². The molecule has 0 radical (unpaired) electrons. The third-order valence-corrected chi connectivity index (χ3v) is 12.2. The van der Waals surface area contributed by atoms with Crippen LogP contribution < -0.4 is 0 Å². The van der Waals surface area contributed by atoms with Crippen LogP contribution in [0.5, 0.6) is 0 Å². The van der Waals surface area contributed by atoms with Crippen molar-refractivity contribution < 1.29 is 85.8 Å². The third-order valence-electron chi connectivity index (χ3n) is 9.45. The third kappa shape index (κ3) is 41.7. The van der Waals surface area contributed by atoms with Gasteiger partial charge in [-0.2, -0.15) is 0 Å². The largest absolute Gasteiger partial charge is 0.464 e. The Labute approximate surface area is 422 Å². The van der Waals surface area contributed by atoms with E-state index in [1.54, 1.807) is 6.92 Å². The lowest BCUT2D eigenvalue weighted by Crippen LogP contribution is -2.39. The summed E-state index contributed by atoms with van der Waals surface area (Å²) in [5, 5.41) is 0. The Kier molecular flexibility index (Phi) is 34.3. The first-order valence-electron chi connectivity index (χ1n) is 23.4. The van der Waals surface area contributed by atoms with Crippen molar-refractivity contribution in [3.05, 3.63) is 0 Å². The maximum atomic E-state index is 12.8. The van der Waals surface area contributed by atoms with Crippen LogP contribution in [0.15, 0.2) is 0 Å². The van der Waals surface area contributed by atoms with Gasteiger partial charge < -0.3 is 42.6 Å². The second kappa shape index (κ2) is 36.2. The van der Waals surface area contributed by atoms with Crippen molar-refractivity contribution in [2.24, 2.45) is 21.7 Å². The van der Waals surface area contributed by atoms with Crippen molar-refractivity contribution in [2.75, 3.05) is 94.0 Å². The number of carbonyl (C=O) groups excluding carboxylic acids is 9. The highest BCUT2D eigenvalue weighted by atomic mass is 32.2. The molecule has 0 unspecified atom stereocenters. The van der Waals surface area contributed by atoms with Gasteiger partial charge in [-0.05, 0) is 41.9 Å². The van der Waals surface area contributed by atoms with Gasteiger partial charge in [0.05, 0.1) is 41.9 Å². The summed E-state index contributed by atoms with van der Waals surface area (Å²) in [7, 11) is 0. The van der Waals surface area contributed by atoms with Crippen LogP contribution in [-0.2, 0) is 85.8 Å². The van der Waals surface area contributed by atoms with Crippen LogP contribution in [0.25, 0.3) is 0 Å². The monoisotopic (exact) mass is 1040 g/mol.